The van der Waals surface area contributed by atoms with E-state index in [0.717, 1.165) is 55.8 Å². The second-order valence-corrected chi connectivity index (χ2v) is 11.3. The molecule has 202 valence electrons. The van der Waals surface area contributed by atoms with Crippen molar-refractivity contribution in [2.75, 3.05) is 51.3 Å². The highest BCUT2D eigenvalue weighted by molar-refractivity contribution is 5.91. The van der Waals surface area contributed by atoms with Crippen LogP contribution in [0.15, 0.2) is 12.3 Å². The zero-order chi connectivity index (χ0) is 26.6. The first-order valence-corrected chi connectivity index (χ1v) is 13.5. The third kappa shape index (κ3) is 4.37. The van der Waals surface area contributed by atoms with Gasteiger partial charge in [-0.3, -0.25) is 14.9 Å². The van der Waals surface area contributed by atoms with Crippen LogP contribution in [0.25, 0.3) is 22.3 Å². The van der Waals surface area contributed by atoms with E-state index in [1.165, 1.54) is 0 Å². The Balaban J connectivity index is 1.42. The maximum Gasteiger partial charge on any atom is 0.319 e. The number of nitrogens with one attached hydrogen (secondary N) is 1. The van der Waals surface area contributed by atoms with Crippen molar-refractivity contribution in [2.24, 2.45) is 5.92 Å². The number of hydrogen-bond acceptors (Lipinski definition) is 8. The van der Waals surface area contributed by atoms with E-state index >= 15 is 4.39 Å². The summed E-state index contributed by atoms with van der Waals surface area (Å²) >= 11 is 0. The molecule has 0 amide bonds. The molecule has 0 radical (unpaired) electrons. The lowest BCUT2D eigenvalue weighted by Crippen LogP contribution is -2.47. The van der Waals surface area contributed by atoms with E-state index in [9.17, 15) is 4.39 Å². The maximum absolute atomic E-state index is 16.2. The number of aromatic nitrogens is 4. The van der Waals surface area contributed by atoms with Crippen LogP contribution in [0.5, 0.6) is 6.01 Å². The predicted molar refractivity (Wildman–Crippen MR) is 143 cm³/mol. The zero-order valence-corrected chi connectivity index (χ0v) is 22.5. The molecule has 0 aliphatic carbocycles. The van der Waals surface area contributed by atoms with Crippen LogP contribution in [-0.4, -0.2) is 82.9 Å². The summed E-state index contributed by atoms with van der Waals surface area (Å²) in [5.41, 5.74) is 3.20. The highest BCUT2D eigenvalue weighted by atomic mass is 19.1. The molecular weight excluding hydrogens is 488 g/mol. The molecule has 38 heavy (non-hydrogen) atoms. The molecule has 2 atom stereocenters. The number of fused-ring (bicyclic) bond motifs is 2. The Labute approximate surface area is 221 Å². The molecule has 0 saturated carbocycles. The van der Waals surface area contributed by atoms with Gasteiger partial charge in [-0.25, -0.2) is 8.78 Å². The molecule has 3 aliphatic rings. The Bertz CT molecular complexity index is 1380. The van der Waals surface area contributed by atoms with Crippen LogP contribution in [0.3, 0.4) is 0 Å². The van der Waals surface area contributed by atoms with Crippen LogP contribution < -0.4 is 15.0 Å². The second-order valence-electron chi connectivity index (χ2n) is 11.3. The second kappa shape index (κ2) is 9.64. The third-order valence-electron chi connectivity index (χ3n) is 8.52. The number of pyridine rings is 2. The van der Waals surface area contributed by atoms with Gasteiger partial charge in [0.2, 0.25) is 0 Å². The van der Waals surface area contributed by atoms with Crippen LogP contribution in [-0.2, 0) is 0 Å². The summed E-state index contributed by atoms with van der Waals surface area (Å²) in [5.74, 6) is 0.524. The van der Waals surface area contributed by atoms with Gasteiger partial charge in [0.15, 0.2) is 5.82 Å². The Kier molecular flexibility index (Phi) is 6.42. The highest BCUT2D eigenvalue weighted by Gasteiger charge is 2.49. The number of rotatable bonds is 7. The molecule has 0 spiro atoms. The van der Waals surface area contributed by atoms with Gasteiger partial charge in [-0.1, -0.05) is 0 Å². The van der Waals surface area contributed by atoms with Gasteiger partial charge in [0.05, 0.1) is 16.6 Å². The first-order valence-electron chi connectivity index (χ1n) is 13.5. The average molecular weight is 524 g/mol. The molecule has 3 aliphatic heterocycles. The van der Waals surface area contributed by atoms with Crippen LogP contribution in [0.1, 0.15) is 36.1 Å². The fourth-order valence-electron chi connectivity index (χ4n) is 6.27. The number of alkyl halides is 1. The summed E-state index contributed by atoms with van der Waals surface area (Å²) in [4.78, 5) is 22.6. The van der Waals surface area contributed by atoms with E-state index in [4.69, 9.17) is 9.72 Å². The normalized spacial score (nSPS) is 23.6. The highest BCUT2D eigenvalue weighted by Crippen LogP contribution is 2.40. The molecule has 3 fully saturated rings. The molecule has 3 saturated heterocycles. The number of anilines is 1. The Morgan fingerprint density at radius 1 is 1.18 bits per heavy atom. The lowest BCUT2D eigenvalue weighted by molar-refractivity contribution is 0.107. The lowest BCUT2D eigenvalue weighted by atomic mass is 9.95. The van der Waals surface area contributed by atoms with Gasteiger partial charge < -0.3 is 15.0 Å². The van der Waals surface area contributed by atoms with Crippen molar-refractivity contribution in [2.45, 2.75) is 51.7 Å². The largest absolute Gasteiger partial charge is 0.461 e. The van der Waals surface area contributed by atoms with Crippen LogP contribution in [0.4, 0.5) is 14.6 Å². The summed E-state index contributed by atoms with van der Waals surface area (Å²) in [6.07, 6.45) is 3.13. The van der Waals surface area contributed by atoms with Crippen LogP contribution in [0.2, 0.25) is 0 Å². The quantitative estimate of drug-likeness (QED) is 0.502. The number of nitrogens with zero attached hydrogens (tertiary/aromatic N) is 6. The van der Waals surface area contributed by atoms with Gasteiger partial charge in [-0.15, -0.1) is 0 Å². The summed E-state index contributed by atoms with van der Waals surface area (Å²) in [6.45, 7) is 10.0. The fourth-order valence-corrected chi connectivity index (χ4v) is 6.27. The summed E-state index contributed by atoms with van der Waals surface area (Å²) < 4.78 is 36.7. The van der Waals surface area contributed by atoms with Crippen LogP contribution >= 0.6 is 0 Å². The molecule has 0 aromatic carbocycles. The monoisotopic (exact) mass is 523 g/mol. The topological polar surface area (TPSA) is 79.3 Å². The van der Waals surface area contributed by atoms with Crippen molar-refractivity contribution >= 4 is 16.7 Å². The van der Waals surface area contributed by atoms with Gasteiger partial charge in [0.25, 0.3) is 0 Å². The van der Waals surface area contributed by atoms with E-state index in [-0.39, 0.29) is 29.4 Å². The molecular formula is C28H35F2N7O. The SMILES string of the molecule is Cc1cc(C)c(C)c(-c2ncc3c(N(C)CC4CNC4)nc(OC[C@@]45CCCN4C[C@H](F)C5)nc3c2F)n1. The average Bonchev–Trinajstić information content (AvgIpc) is 3.38. The van der Waals surface area contributed by atoms with Crippen molar-refractivity contribution in [3.05, 3.63) is 34.9 Å². The van der Waals surface area contributed by atoms with Crippen molar-refractivity contribution in [3.63, 3.8) is 0 Å². The number of ether oxygens (including phenoxy) is 1. The van der Waals surface area contributed by atoms with Crippen molar-refractivity contribution < 1.29 is 13.5 Å². The number of halogens is 2. The molecule has 10 heteroatoms. The first kappa shape index (κ1) is 25.3. The van der Waals surface area contributed by atoms with E-state index in [2.05, 4.69) is 25.2 Å². The Hall–Kier alpha value is -2.98. The van der Waals surface area contributed by atoms with Crippen molar-refractivity contribution in [1.29, 1.82) is 0 Å². The van der Waals surface area contributed by atoms with E-state index in [1.54, 1.807) is 6.20 Å². The standard InChI is InChI=1S/C28H35F2N7O/c1-16-8-17(2)33-23(18(16)3)25-22(30)24-21(12-32-25)26(36(4)13-19-10-31-11-19)35-27(34-24)38-15-28-6-5-7-37(28)14-20(29)9-28/h8,12,19-20,31H,5-7,9-11,13-15H2,1-4H3/t20-,28+/m1/s1. The van der Waals surface area contributed by atoms with Crippen LogP contribution in [0, 0.1) is 32.5 Å². The molecule has 0 unspecified atom stereocenters. The van der Waals surface area contributed by atoms with Gasteiger partial charge in [-0.2, -0.15) is 9.97 Å². The number of hydrogen-bond donors (Lipinski definition) is 1. The third-order valence-corrected chi connectivity index (χ3v) is 8.52. The fraction of sp³-hybridized carbons (Fsp3) is 0.571. The zero-order valence-electron chi connectivity index (χ0n) is 22.5. The Morgan fingerprint density at radius 2 is 2.00 bits per heavy atom. The molecule has 1 N–H and O–H groups in total. The minimum atomic E-state index is -0.853. The predicted octanol–water partition coefficient (Wildman–Crippen LogP) is 3.76. The molecule has 0 bridgehead atoms. The molecule has 3 aromatic rings. The van der Waals surface area contributed by atoms with Crippen molar-refractivity contribution in [3.8, 4) is 17.4 Å². The Morgan fingerprint density at radius 3 is 2.76 bits per heavy atom. The minimum absolute atomic E-state index is 0.107. The summed E-state index contributed by atoms with van der Waals surface area (Å²) in [7, 11) is 1.95. The van der Waals surface area contributed by atoms with E-state index in [0.29, 0.717) is 35.8 Å². The minimum Gasteiger partial charge on any atom is -0.461 e. The maximum atomic E-state index is 16.2. The smallest absolute Gasteiger partial charge is 0.319 e. The molecule has 8 nitrogen and oxygen atoms in total. The number of aryl methyl sites for hydroxylation is 2. The first-order chi connectivity index (χ1) is 18.2. The van der Waals surface area contributed by atoms with Gasteiger partial charge in [-0.05, 0) is 57.4 Å². The van der Waals surface area contributed by atoms with Crippen molar-refractivity contribution in [1.82, 2.24) is 30.2 Å². The molecule has 6 rings (SSSR count). The van der Waals surface area contributed by atoms with Gasteiger partial charge in [0, 0.05) is 57.5 Å². The summed E-state index contributed by atoms with van der Waals surface area (Å²) in [6, 6.07) is 2.08. The molecule has 3 aromatic heterocycles. The van der Waals surface area contributed by atoms with E-state index in [1.807, 2.05) is 38.8 Å². The molecule has 6 heterocycles. The van der Waals surface area contributed by atoms with Gasteiger partial charge in [0.1, 0.15) is 29.8 Å². The lowest BCUT2D eigenvalue weighted by Gasteiger charge is -2.32. The summed E-state index contributed by atoms with van der Waals surface area (Å²) in [5, 5.41) is 3.82. The van der Waals surface area contributed by atoms with Gasteiger partial charge >= 0.3 is 6.01 Å². The van der Waals surface area contributed by atoms with E-state index < -0.39 is 12.0 Å².